The molecule has 142 valence electrons. The Hall–Kier alpha value is -1.96. The van der Waals surface area contributed by atoms with Gasteiger partial charge < -0.3 is 11.1 Å². The minimum atomic E-state index is -3.63. The van der Waals surface area contributed by atoms with E-state index >= 15 is 0 Å². The van der Waals surface area contributed by atoms with Gasteiger partial charge in [0.25, 0.3) is 0 Å². The van der Waals surface area contributed by atoms with E-state index in [0.717, 1.165) is 17.9 Å². The second-order valence-corrected chi connectivity index (χ2v) is 8.06. The fourth-order valence-electron chi connectivity index (χ4n) is 2.40. The summed E-state index contributed by atoms with van der Waals surface area (Å²) < 4.78 is 36.9. The Labute approximate surface area is 159 Å². The quantitative estimate of drug-likeness (QED) is 0.807. The summed E-state index contributed by atoms with van der Waals surface area (Å²) in [5.74, 6) is -1.24. The number of carbonyl (C=O) groups excluding carboxylic acids is 1. The van der Waals surface area contributed by atoms with E-state index in [0.29, 0.717) is 11.1 Å². The molecule has 2 aromatic rings. The fraction of sp³-hybridized carbons (Fsp3) is 0.278. The van der Waals surface area contributed by atoms with Gasteiger partial charge in [-0.2, -0.15) is 0 Å². The first-order chi connectivity index (χ1) is 11.6. The third-order valence-corrected chi connectivity index (χ3v) is 5.06. The molecule has 26 heavy (non-hydrogen) atoms. The number of rotatable bonds is 5. The van der Waals surface area contributed by atoms with E-state index in [1.807, 2.05) is 19.1 Å². The van der Waals surface area contributed by atoms with E-state index in [1.165, 1.54) is 12.1 Å². The summed E-state index contributed by atoms with van der Waals surface area (Å²) >= 11 is 0. The number of nitrogens with two attached hydrogens (primary N) is 1. The summed E-state index contributed by atoms with van der Waals surface area (Å²) in [6.45, 7) is 3.61. The van der Waals surface area contributed by atoms with E-state index in [-0.39, 0.29) is 17.3 Å². The Morgan fingerprint density at radius 3 is 2.15 bits per heavy atom. The summed E-state index contributed by atoms with van der Waals surface area (Å²) in [5.41, 5.74) is 8.15. The molecule has 8 heteroatoms. The first kappa shape index (κ1) is 22.1. The predicted molar refractivity (Wildman–Crippen MR) is 101 cm³/mol. The molecule has 0 saturated carbocycles. The molecule has 2 atom stereocenters. The van der Waals surface area contributed by atoms with E-state index in [1.54, 1.807) is 19.1 Å². The maximum atomic E-state index is 14.0. The molecule has 0 radical (unpaired) electrons. The van der Waals surface area contributed by atoms with Gasteiger partial charge in [-0.05, 0) is 37.1 Å². The van der Waals surface area contributed by atoms with Crippen molar-refractivity contribution in [3.8, 4) is 0 Å². The lowest BCUT2D eigenvalue weighted by molar-refractivity contribution is -0.123. The van der Waals surface area contributed by atoms with Crippen LogP contribution in [0.3, 0.4) is 0 Å². The van der Waals surface area contributed by atoms with Gasteiger partial charge in [0.2, 0.25) is 5.91 Å². The smallest absolute Gasteiger partial charge is 0.241 e. The van der Waals surface area contributed by atoms with E-state index < -0.39 is 33.6 Å². The van der Waals surface area contributed by atoms with Gasteiger partial charge in [0.1, 0.15) is 16.8 Å². The molecule has 0 aliphatic heterocycles. The molecule has 5 nitrogen and oxygen atoms in total. The standard InChI is InChI=1S/C18H21FN2O3S.ClH/c1-11-4-6-13(7-5-11)17(20)18(22)21-12(2)14-8-9-16(15(19)10-14)25(3,23)24;/h4-10,12,17H,20H2,1-3H3,(H,21,22);1H. The molecular formula is C18H22ClFN2O3S. The molecule has 0 bridgehead atoms. The number of benzene rings is 2. The Kier molecular flexibility index (Phi) is 7.32. The largest absolute Gasteiger partial charge is 0.348 e. The monoisotopic (exact) mass is 400 g/mol. The maximum Gasteiger partial charge on any atom is 0.241 e. The van der Waals surface area contributed by atoms with Crippen molar-refractivity contribution in [2.24, 2.45) is 5.73 Å². The van der Waals surface area contributed by atoms with Crippen LogP contribution in [0, 0.1) is 12.7 Å². The Morgan fingerprint density at radius 1 is 1.12 bits per heavy atom. The zero-order valence-electron chi connectivity index (χ0n) is 14.7. The molecule has 0 heterocycles. The summed E-state index contributed by atoms with van der Waals surface area (Å²) in [7, 11) is -3.63. The first-order valence-corrected chi connectivity index (χ1v) is 9.61. The number of nitrogens with one attached hydrogen (secondary N) is 1. The fourth-order valence-corrected chi connectivity index (χ4v) is 3.13. The van der Waals surface area contributed by atoms with Crippen molar-refractivity contribution in [3.63, 3.8) is 0 Å². The number of hydrogen-bond donors (Lipinski definition) is 2. The van der Waals surface area contributed by atoms with Gasteiger partial charge >= 0.3 is 0 Å². The van der Waals surface area contributed by atoms with Gasteiger partial charge in [0, 0.05) is 6.26 Å². The van der Waals surface area contributed by atoms with Crippen molar-refractivity contribution in [2.45, 2.75) is 30.8 Å². The molecule has 2 unspecified atom stereocenters. The molecule has 2 rings (SSSR count). The third-order valence-electron chi connectivity index (χ3n) is 3.93. The average Bonchev–Trinajstić information content (AvgIpc) is 2.53. The van der Waals surface area contributed by atoms with Gasteiger partial charge in [-0.25, -0.2) is 12.8 Å². The van der Waals surface area contributed by atoms with Gasteiger partial charge in [-0.1, -0.05) is 35.9 Å². The van der Waals surface area contributed by atoms with Gasteiger partial charge in [-0.3, -0.25) is 4.79 Å². The lowest BCUT2D eigenvalue weighted by atomic mass is 10.0. The average molecular weight is 401 g/mol. The highest BCUT2D eigenvalue weighted by atomic mass is 35.5. The maximum absolute atomic E-state index is 14.0. The van der Waals surface area contributed by atoms with Crippen LogP contribution in [0.25, 0.3) is 0 Å². The van der Waals surface area contributed by atoms with Crippen LogP contribution in [0.2, 0.25) is 0 Å². The Balaban J connectivity index is 0.00000338. The summed E-state index contributed by atoms with van der Waals surface area (Å²) in [6, 6.07) is 9.71. The summed E-state index contributed by atoms with van der Waals surface area (Å²) in [6.07, 6.45) is 0.941. The van der Waals surface area contributed by atoms with Crippen molar-refractivity contribution in [1.29, 1.82) is 0 Å². The number of sulfone groups is 1. The minimum Gasteiger partial charge on any atom is -0.348 e. The number of hydrogen-bond acceptors (Lipinski definition) is 4. The predicted octanol–water partition coefficient (Wildman–Crippen LogP) is 2.84. The van der Waals surface area contributed by atoms with E-state index in [9.17, 15) is 17.6 Å². The summed E-state index contributed by atoms with van der Waals surface area (Å²) in [5, 5.41) is 2.71. The lowest BCUT2D eigenvalue weighted by Crippen LogP contribution is -2.35. The molecule has 3 N–H and O–H groups in total. The molecule has 0 aromatic heterocycles. The lowest BCUT2D eigenvalue weighted by Gasteiger charge is -2.18. The van der Waals surface area contributed by atoms with Crippen LogP contribution in [0.1, 0.15) is 35.7 Å². The highest BCUT2D eigenvalue weighted by Crippen LogP contribution is 2.21. The zero-order valence-corrected chi connectivity index (χ0v) is 16.3. The van der Waals surface area contributed by atoms with Crippen molar-refractivity contribution < 1.29 is 17.6 Å². The Morgan fingerprint density at radius 2 is 1.65 bits per heavy atom. The van der Waals surface area contributed by atoms with Gasteiger partial charge in [0.15, 0.2) is 9.84 Å². The molecule has 0 fully saturated rings. The first-order valence-electron chi connectivity index (χ1n) is 7.71. The second-order valence-electron chi connectivity index (χ2n) is 6.08. The molecule has 0 spiro atoms. The normalized spacial score (nSPS) is 13.4. The molecule has 0 aliphatic carbocycles. The molecular weight excluding hydrogens is 379 g/mol. The van der Waals surface area contributed by atoms with Crippen LogP contribution in [0.4, 0.5) is 4.39 Å². The zero-order chi connectivity index (χ0) is 18.8. The van der Waals surface area contributed by atoms with Crippen molar-refractivity contribution in [2.75, 3.05) is 6.26 Å². The number of amides is 1. The Bertz CT molecular complexity index is 886. The second kappa shape index (κ2) is 8.62. The molecule has 0 aliphatic rings. The van der Waals surface area contributed by atoms with E-state index in [2.05, 4.69) is 5.32 Å². The SMILES string of the molecule is Cc1ccc(C(N)C(=O)NC(C)c2ccc(S(C)(=O)=O)c(F)c2)cc1.Cl. The van der Waals surface area contributed by atoms with Crippen LogP contribution >= 0.6 is 12.4 Å². The molecule has 0 saturated heterocycles. The number of carbonyl (C=O) groups is 1. The van der Waals surface area contributed by atoms with Crippen molar-refractivity contribution in [3.05, 3.63) is 65.0 Å². The topological polar surface area (TPSA) is 89.3 Å². The number of halogens is 2. The van der Waals surface area contributed by atoms with Crippen molar-refractivity contribution >= 4 is 28.2 Å². The highest BCUT2D eigenvalue weighted by molar-refractivity contribution is 7.90. The molecule has 2 aromatic carbocycles. The highest BCUT2D eigenvalue weighted by Gasteiger charge is 2.20. The van der Waals surface area contributed by atoms with E-state index in [4.69, 9.17) is 5.73 Å². The number of aryl methyl sites for hydroxylation is 1. The van der Waals surface area contributed by atoms with Crippen LogP contribution in [0.15, 0.2) is 47.4 Å². The van der Waals surface area contributed by atoms with Crippen LogP contribution in [0.5, 0.6) is 0 Å². The van der Waals surface area contributed by atoms with Gasteiger partial charge in [0.05, 0.1) is 6.04 Å². The van der Waals surface area contributed by atoms with Crippen LogP contribution in [-0.2, 0) is 14.6 Å². The summed E-state index contributed by atoms with van der Waals surface area (Å²) in [4.78, 5) is 11.9. The van der Waals surface area contributed by atoms with Gasteiger partial charge in [-0.15, -0.1) is 12.4 Å². The van der Waals surface area contributed by atoms with Crippen LogP contribution < -0.4 is 11.1 Å². The minimum absolute atomic E-state index is 0. The van der Waals surface area contributed by atoms with Crippen molar-refractivity contribution in [1.82, 2.24) is 5.32 Å². The third kappa shape index (κ3) is 5.27. The molecule has 1 amide bonds. The van der Waals surface area contributed by atoms with Crippen LogP contribution in [-0.4, -0.2) is 20.6 Å².